The zero-order valence-corrected chi connectivity index (χ0v) is 14.2. The third kappa shape index (κ3) is 3.99. The van der Waals surface area contributed by atoms with Crippen molar-refractivity contribution >= 4 is 11.6 Å². The van der Waals surface area contributed by atoms with Crippen molar-refractivity contribution in [2.24, 2.45) is 0 Å². The van der Waals surface area contributed by atoms with Crippen LogP contribution in [0.15, 0.2) is 18.3 Å². The molecule has 1 aliphatic heterocycles. The van der Waals surface area contributed by atoms with Gasteiger partial charge >= 0.3 is 0 Å². The topological polar surface area (TPSA) is 36.4 Å². The number of anilines is 1. The maximum Gasteiger partial charge on any atom is 0.272 e. The average molecular weight is 303 g/mol. The van der Waals surface area contributed by atoms with Gasteiger partial charge in [0, 0.05) is 26.2 Å². The van der Waals surface area contributed by atoms with Crippen molar-refractivity contribution in [2.45, 2.75) is 58.4 Å². The molecule has 4 heteroatoms. The molecule has 2 rings (SSSR count). The lowest BCUT2D eigenvalue weighted by molar-refractivity contribution is 0.0787. The number of aromatic nitrogens is 1. The summed E-state index contributed by atoms with van der Waals surface area (Å²) >= 11 is 0. The maximum atomic E-state index is 12.3. The molecule has 0 N–H and O–H groups in total. The first-order valence-corrected chi connectivity index (χ1v) is 8.65. The fourth-order valence-corrected chi connectivity index (χ4v) is 3.14. The molecule has 2 heterocycles. The SMILES string of the molecule is CCCCN(C)C(=O)c1ccc(N2CCCCC2CC)cn1. The largest absolute Gasteiger partial charge is 0.367 e. The minimum atomic E-state index is 0.0192. The number of hydrogen-bond acceptors (Lipinski definition) is 3. The van der Waals surface area contributed by atoms with Gasteiger partial charge in [-0.15, -0.1) is 0 Å². The zero-order valence-electron chi connectivity index (χ0n) is 14.2. The second kappa shape index (κ2) is 8.16. The fourth-order valence-electron chi connectivity index (χ4n) is 3.14. The number of nitrogens with zero attached hydrogens (tertiary/aromatic N) is 3. The molecule has 0 spiro atoms. The minimum Gasteiger partial charge on any atom is -0.367 e. The third-order valence-corrected chi connectivity index (χ3v) is 4.59. The molecule has 1 aromatic heterocycles. The Hall–Kier alpha value is -1.58. The van der Waals surface area contributed by atoms with Crippen molar-refractivity contribution in [3.05, 3.63) is 24.0 Å². The smallest absolute Gasteiger partial charge is 0.272 e. The van der Waals surface area contributed by atoms with E-state index in [2.05, 4.69) is 29.8 Å². The number of unbranched alkanes of at least 4 members (excludes halogenated alkanes) is 1. The second-order valence-corrected chi connectivity index (χ2v) is 6.23. The second-order valence-electron chi connectivity index (χ2n) is 6.23. The highest BCUT2D eigenvalue weighted by Gasteiger charge is 2.21. The molecule has 122 valence electrons. The van der Waals surface area contributed by atoms with E-state index in [1.165, 1.54) is 25.7 Å². The van der Waals surface area contributed by atoms with E-state index in [-0.39, 0.29) is 5.91 Å². The van der Waals surface area contributed by atoms with Crippen LogP contribution in [0.4, 0.5) is 5.69 Å². The molecular formula is C18H29N3O. The lowest BCUT2D eigenvalue weighted by Gasteiger charge is -2.37. The first-order valence-electron chi connectivity index (χ1n) is 8.65. The molecule has 1 atom stereocenters. The summed E-state index contributed by atoms with van der Waals surface area (Å²) in [6.07, 6.45) is 8.99. The van der Waals surface area contributed by atoms with Crippen LogP contribution in [0.5, 0.6) is 0 Å². The Morgan fingerprint density at radius 1 is 1.36 bits per heavy atom. The molecule has 1 saturated heterocycles. The van der Waals surface area contributed by atoms with Gasteiger partial charge in [0.2, 0.25) is 0 Å². The number of carbonyl (C=O) groups is 1. The standard InChI is InChI=1S/C18H29N3O/c1-4-6-12-20(3)18(22)17-11-10-16(14-19-17)21-13-8-7-9-15(21)5-2/h10-11,14-15H,4-9,12-13H2,1-3H3. The lowest BCUT2D eigenvalue weighted by Crippen LogP contribution is -2.39. The first kappa shape index (κ1) is 16.8. The summed E-state index contributed by atoms with van der Waals surface area (Å²) < 4.78 is 0. The van der Waals surface area contributed by atoms with Crippen LogP contribution in [-0.2, 0) is 0 Å². The Morgan fingerprint density at radius 3 is 2.82 bits per heavy atom. The molecule has 0 aromatic carbocycles. The molecule has 0 saturated carbocycles. The van der Waals surface area contributed by atoms with Crippen LogP contribution in [0.2, 0.25) is 0 Å². The van der Waals surface area contributed by atoms with E-state index in [0.717, 1.165) is 31.6 Å². The van der Waals surface area contributed by atoms with Crippen LogP contribution < -0.4 is 4.90 Å². The van der Waals surface area contributed by atoms with Gasteiger partial charge in [0.1, 0.15) is 5.69 Å². The van der Waals surface area contributed by atoms with Crippen LogP contribution in [0.25, 0.3) is 0 Å². The third-order valence-electron chi connectivity index (χ3n) is 4.59. The van der Waals surface area contributed by atoms with E-state index in [0.29, 0.717) is 11.7 Å². The Balaban J connectivity index is 2.04. The first-order chi connectivity index (χ1) is 10.7. The summed E-state index contributed by atoms with van der Waals surface area (Å²) in [7, 11) is 1.85. The highest BCUT2D eigenvalue weighted by molar-refractivity contribution is 5.92. The highest BCUT2D eigenvalue weighted by Crippen LogP contribution is 2.26. The number of pyridine rings is 1. The van der Waals surface area contributed by atoms with E-state index in [9.17, 15) is 4.79 Å². The van der Waals surface area contributed by atoms with Crippen LogP contribution in [0.3, 0.4) is 0 Å². The van der Waals surface area contributed by atoms with Gasteiger partial charge in [0.15, 0.2) is 0 Å². The van der Waals surface area contributed by atoms with Gasteiger partial charge in [-0.1, -0.05) is 20.3 Å². The molecule has 22 heavy (non-hydrogen) atoms. The van der Waals surface area contributed by atoms with E-state index in [1.54, 1.807) is 4.90 Å². The summed E-state index contributed by atoms with van der Waals surface area (Å²) in [4.78, 5) is 20.9. The van der Waals surface area contributed by atoms with Gasteiger partial charge in [0.05, 0.1) is 11.9 Å². The molecule has 1 aromatic rings. The average Bonchev–Trinajstić information content (AvgIpc) is 2.59. The number of piperidine rings is 1. The molecule has 4 nitrogen and oxygen atoms in total. The number of hydrogen-bond donors (Lipinski definition) is 0. The monoisotopic (exact) mass is 303 g/mol. The Bertz CT molecular complexity index is 472. The molecule has 1 fully saturated rings. The van der Waals surface area contributed by atoms with Crippen molar-refractivity contribution in [1.29, 1.82) is 0 Å². The van der Waals surface area contributed by atoms with Gasteiger partial charge < -0.3 is 9.80 Å². The van der Waals surface area contributed by atoms with Crippen LogP contribution in [-0.4, -0.2) is 42.0 Å². The van der Waals surface area contributed by atoms with E-state index >= 15 is 0 Å². The minimum absolute atomic E-state index is 0.0192. The van der Waals surface area contributed by atoms with Crippen molar-refractivity contribution in [1.82, 2.24) is 9.88 Å². The predicted molar refractivity (Wildman–Crippen MR) is 91.4 cm³/mol. The van der Waals surface area contributed by atoms with Crippen LogP contribution in [0, 0.1) is 0 Å². The summed E-state index contributed by atoms with van der Waals surface area (Å²) in [6.45, 7) is 6.28. The molecule has 1 aliphatic rings. The highest BCUT2D eigenvalue weighted by atomic mass is 16.2. The molecule has 1 unspecified atom stereocenters. The van der Waals surface area contributed by atoms with Gasteiger partial charge in [-0.05, 0) is 44.2 Å². The Kier molecular flexibility index (Phi) is 6.22. The molecule has 1 amide bonds. The van der Waals surface area contributed by atoms with E-state index in [1.807, 2.05) is 19.3 Å². The Labute approximate surface area is 134 Å². The molecule has 0 bridgehead atoms. The van der Waals surface area contributed by atoms with E-state index in [4.69, 9.17) is 0 Å². The zero-order chi connectivity index (χ0) is 15.9. The van der Waals surface area contributed by atoms with Crippen molar-refractivity contribution in [3.8, 4) is 0 Å². The van der Waals surface area contributed by atoms with Crippen LogP contribution >= 0.6 is 0 Å². The summed E-state index contributed by atoms with van der Waals surface area (Å²) in [5.41, 5.74) is 1.70. The van der Waals surface area contributed by atoms with Crippen molar-refractivity contribution in [3.63, 3.8) is 0 Å². The summed E-state index contributed by atoms with van der Waals surface area (Å²) in [5, 5.41) is 0. The Morgan fingerprint density at radius 2 is 2.18 bits per heavy atom. The molecule has 0 aliphatic carbocycles. The lowest BCUT2D eigenvalue weighted by atomic mass is 9.99. The van der Waals surface area contributed by atoms with Crippen molar-refractivity contribution in [2.75, 3.05) is 25.0 Å². The normalized spacial score (nSPS) is 18.3. The van der Waals surface area contributed by atoms with Crippen molar-refractivity contribution < 1.29 is 4.79 Å². The summed E-state index contributed by atoms with van der Waals surface area (Å²) in [6, 6.07) is 4.55. The number of amides is 1. The van der Waals surface area contributed by atoms with Crippen LogP contribution in [0.1, 0.15) is 62.9 Å². The number of rotatable bonds is 6. The molecule has 0 radical (unpaired) electrons. The van der Waals surface area contributed by atoms with E-state index < -0.39 is 0 Å². The fraction of sp³-hybridized carbons (Fsp3) is 0.667. The maximum absolute atomic E-state index is 12.3. The van der Waals surface area contributed by atoms with Gasteiger partial charge in [-0.25, -0.2) is 4.98 Å². The predicted octanol–water partition coefficient (Wildman–Crippen LogP) is 3.72. The van der Waals surface area contributed by atoms with Gasteiger partial charge in [-0.2, -0.15) is 0 Å². The summed E-state index contributed by atoms with van der Waals surface area (Å²) in [5.74, 6) is 0.0192. The quantitative estimate of drug-likeness (QED) is 0.803. The van der Waals surface area contributed by atoms with Gasteiger partial charge in [-0.3, -0.25) is 4.79 Å². The van der Waals surface area contributed by atoms with Gasteiger partial charge in [0.25, 0.3) is 5.91 Å². The number of carbonyl (C=O) groups excluding carboxylic acids is 1. The molecular weight excluding hydrogens is 274 g/mol.